The first-order chi connectivity index (χ1) is 14.0. The molecule has 0 bridgehead atoms. The molecule has 0 atom stereocenters. The maximum atomic E-state index is 12.7. The Hall–Kier alpha value is -0.640. The van der Waals surface area contributed by atoms with Crippen molar-refractivity contribution in [3.05, 3.63) is 10.1 Å². The zero-order valence-electron chi connectivity index (χ0n) is 20.5. The van der Waals surface area contributed by atoms with Crippen molar-refractivity contribution in [2.24, 2.45) is 5.41 Å². The van der Waals surface area contributed by atoms with Crippen molar-refractivity contribution >= 4 is 0 Å². The van der Waals surface area contributed by atoms with Gasteiger partial charge in [0.2, 0.25) is 11.1 Å². The summed E-state index contributed by atoms with van der Waals surface area (Å²) in [5.41, 5.74) is -2.65. The van der Waals surface area contributed by atoms with E-state index in [0.717, 1.165) is 0 Å². The quantitative estimate of drug-likeness (QED) is 0.531. The van der Waals surface area contributed by atoms with E-state index < -0.39 is 33.7 Å². The second-order valence-corrected chi connectivity index (χ2v) is 13.0. The van der Waals surface area contributed by atoms with Crippen molar-refractivity contribution in [2.45, 2.75) is 115 Å². The molecule has 0 aromatic heterocycles. The summed E-state index contributed by atoms with van der Waals surface area (Å²) in [7, 11) is 0. The van der Waals surface area contributed by atoms with Crippen LogP contribution in [0.25, 0.3) is 0 Å². The maximum Gasteiger partial charge on any atom is 0.210 e. The van der Waals surface area contributed by atoms with E-state index in [2.05, 4.69) is 0 Å². The van der Waals surface area contributed by atoms with Gasteiger partial charge in [-0.05, 0) is 27.7 Å². The van der Waals surface area contributed by atoms with Crippen LogP contribution in [0.5, 0.6) is 0 Å². The SMILES string of the molecule is CC1(C)CC2(CC(C)(C)N1[O-])OCC1(CO2)COC2(CC(C)(C)[N+](=O)C(C)(C)C2)OC1. The monoisotopic (exact) mass is 440 g/mol. The first kappa shape index (κ1) is 23.5. The average molecular weight is 441 g/mol. The van der Waals surface area contributed by atoms with Gasteiger partial charge in [0.05, 0.1) is 44.7 Å². The van der Waals surface area contributed by atoms with Crippen molar-refractivity contribution in [3.8, 4) is 0 Å². The molecule has 178 valence electrons. The normalized spacial score (nSPS) is 34.8. The van der Waals surface area contributed by atoms with E-state index in [0.29, 0.717) is 52.1 Å². The molecule has 4 heterocycles. The Kier molecular flexibility index (Phi) is 5.08. The molecule has 0 aromatic rings. The Balaban J connectivity index is 1.44. The van der Waals surface area contributed by atoms with Crippen LogP contribution in [0.4, 0.5) is 0 Å². The lowest BCUT2D eigenvalue weighted by Crippen LogP contribution is -2.69. The number of ether oxygens (including phenoxy) is 4. The maximum absolute atomic E-state index is 12.7. The lowest BCUT2D eigenvalue weighted by Gasteiger charge is -2.64. The summed E-state index contributed by atoms with van der Waals surface area (Å²) in [5.74, 6) is -1.52. The Bertz CT molecular complexity index is 699. The fourth-order valence-corrected chi connectivity index (χ4v) is 6.57. The van der Waals surface area contributed by atoms with Crippen molar-refractivity contribution in [2.75, 3.05) is 26.4 Å². The van der Waals surface area contributed by atoms with Gasteiger partial charge in [-0.25, -0.2) is 0 Å². The van der Waals surface area contributed by atoms with Crippen LogP contribution in [0.15, 0.2) is 0 Å². The average Bonchev–Trinajstić information content (AvgIpc) is 2.62. The number of hydrogen-bond acceptors (Lipinski definition) is 7. The summed E-state index contributed by atoms with van der Waals surface area (Å²) in [6.07, 6.45) is 2.10. The van der Waals surface area contributed by atoms with E-state index in [-0.39, 0.29) is 5.41 Å². The predicted octanol–water partition coefficient (Wildman–Crippen LogP) is 3.74. The van der Waals surface area contributed by atoms with Crippen molar-refractivity contribution in [1.82, 2.24) is 5.06 Å². The summed E-state index contributed by atoms with van der Waals surface area (Å²) >= 11 is 0. The number of rotatable bonds is 0. The molecule has 4 rings (SSSR count). The van der Waals surface area contributed by atoms with E-state index in [1.54, 1.807) is 0 Å². The molecule has 4 aliphatic rings. The van der Waals surface area contributed by atoms with Gasteiger partial charge in [-0.2, -0.15) is 0 Å². The highest BCUT2D eigenvalue weighted by atomic mass is 16.7. The lowest BCUT2D eigenvalue weighted by molar-refractivity contribution is -0.706. The van der Waals surface area contributed by atoms with Crippen LogP contribution in [-0.2, 0) is 18.9 Å². The summed E-state index contributed by atoms with van der Waals surface area (Å²) in [6, 6.07) is 0. The summed E-state index contributed by atoms with van der Waals surface area (Å²) in [6.45, 7) is 17.4. The predicted molar refractivity (Wildman–Crippen MR) is 115 cm³/mol. The topological polar surface area (TPSA) is 83.3 Å². The van der Waals surface area contributed by atoms with Crippen molar-refractivity contribution < 1.29 is 23.7 Å². The third-order valence-electron chi connectivity index (χ3n) is 7.57. The molecule has 4 fully saturated rings. The third-order valence-corrected chi connectivity index (χ3v) is 7.57. The third kappa shape index (κ3) is 3.87. The fourth-order valence-electron chi connectivity index (χ4n) is 6.57. The minimum Gasteiger partial charge on any atom is -0.784 e. The second kappa shape index (κ2) is 6.70. The molecule has 3 spiro atoms. The Morgan fingerprint density at radius 2 is 0.968 bits per heavy atom. The van der Waals surface area contributed by atoms with Crippen LogP contribution >= 0.6 is 0 Å². The molecular weight excluding hydrogens is 400 g/mol. The van der Waals surface area contributed by atoms with Gasteiger partial charge < -0.3 is 29.2 Å². The molecule has 0 radical (unpaired) electrons. The van der Waals surface area contributed by atoms with Crippen molar-refractivity contribution in [3.63, 3.8) is 0 Å². The van der Waals surface area contributed by atoms with E-state index >= 15 is 0 Å². The Morgan fingerprint density at radius 3 is 1.32 bits per heavy atom. The lowest BCUT2D eigenvalue weighted by atomic mass is 9.76. The fraction of sp³-hybridized carbons (Fsp3) is 1.00. The van der Waals surface area contributed by atoms with Gasteiger partial charge in [0.1, 0.15) is 0 Å². The molecule has 0 aliphatic carbocycles. The van der Waals surface area contributed by atoms with Crippen molar-refractivity contribution in [1.29, 1.82) is 0 Å². The minimum atomic E-state index is -0.758. The van der Waals surface area contributed by atoms with Crippen LogP contribution in [-0.4, -0.2) is 70.0 Å². The number of hydrogen-bond donors (Lipinski definition) is 0. The zero-order valence-corrected chi connectivity index (χ0v) is 20.5. The molecule has 0 amide bonds. The zero-order chi connectivity index (χ0) is 23.1. The molecular formula is C23H40N2O6. The first-order valence-corrected chi connectivity index (χ1v) is 11.5. The van der Waals surface area contributed by atoms with Crippen LogP contribution in [0.2, 0.25) is 0 Å². The molecule has 4 saturated heterocycles. The summed E-state index contributed by atoms with van der Waals surface area (Å²) < 4.78 is 26.7. The molecule has 8 heteroatoms. The standard InChI is InChI=1S/C23H40N2O6/c1-17(2)9-22(10-18(3,4)24(17)26)28-13-21(14-29-22)15-30-23(31-16-21)11-19(5,6)25(27)20(7,8)12-23/h9-16H2,1-8H3. The van der Waals surface area contributed by atoms with E-state index in [4.69, 9.17) is 18.9 Å². The van der Waals surface area contributed by atoms with Gasteiger partial charge in [0.15, 0.2) is 11.6 Å². The van der Waals surface area contributed by atoms with E-state index in [1.165, 1.54) is 9.82 Å². The minimum absolute atomic E-state index is 0.373. The van der Waals surface area contributed by atoms with Crippen LogP contribution in [0.1, 0.15) is 81.1 Å². The van der Waals surface area contributed by atoms with E-state index in [1.807, 2.05) is 55.4 Å². The highest BCUT2D eigenvalue weighted by Gasteiger charge is 2.64. The van der Waals surface area contributed by atoms with Crippen LogP contribution < -0.4 is 0 Å². The molecule has 0 saturated carbocycles. The Morgan fingerprint density at radius 1 is 0.645 bits per heavy atom. The highest BCUT2D eigenvalue weighted by Crippen LogP contribution is 2.51. The number of hydroxylamine groups is 2. The number of nitrogens with zero attached hydrogens (tertiary/aromatic N) is 2. The molecule has 8 nitrogen and oxygen atoms in total. The van der Waals surface area contributed by atoms with E-state index in [9.17, 15) is 10.1 Å². The van der Waals surface area contributed by atoms with Gasteiger partial charge in [-0.1, -0.05) is 0 Å². The first-order valence-electron chi connectivity index (χ1n) is 11.5. The van der Waals surface area contributed by atoms with Gasteiger partial charge in [0.25, 0.3) is 0 Å². The summed E-state index contributed by atoms with van der Waals surface area (Å²) in [4.78, 5) is 12.7. The molecule has 0 N–H and O–H groups in total. The number of nitroso groups, excluding NO2 is 1. The van der Waals surface area contributed by atoms with Gasteiger partial charge in [-0.3, -0.25) is 0 Å². The molecule has 31 heavy (non-hydrogen) atoms. The smallest absolute Gasteiger partial charge is 0.210 e. The molecule has 0 unspecified atom stereocenters. The second-order valence-electron chi connectivity index (χ2n) is 13.0. The van der Waals surface area contributed by atoms with Crippen LogP contribution in [0.3, 0.4) is 0 Å². The number of piperidine rings is 2. The Labute approximate surface area is 186 Å². The summed E-state index contributed by atoms with van der Waals surface area (Å²) in [5, 5.41) is 13.9. The molecule has 0 aromatic carbocycles. The van der Waals surface area contributed by atoms with Crippen LogP contribution in [0, 0.1) is 15.5 Å². The molecule has 4 aliphatic heterocycles. The highest BCUT2D eigenvalue weighted by molar-refractivity contribution is 5.06. The van der Waals surface area contributed by atoms with Gasteiger partial charge in [-0.15, -0.1) is 0 Å². The largest absolute Gasteiger partial charge is 0.784 e. The van der Waals surface area contributed by atoms with Gasteiger partial charge in [0, 0.05) is 61.3 Å². The van der Waals surface area contributed by atoms with Gasteiger partial charge >= 0.3 is 0 Å².